The number of amides is 1. The largest absolute Gasteiger partial charge is 0.454 e. The average molecular weight is 340 g/mol. The van der Waals surface area contributed by atoms with Gasteiger partial charge in [-0.05, 0) is 49.2 Å². The molecule has 25 heavy (non-hydrogen) atoms. The third-order valence-electron chi connectivity index (χ3n) is 3.62. The van der Waals surface area contributed by atoms with Gasteiger partial charge in [-0.1, -0.05) is 6.07 Å². The Morgan fingerprint density at radius 2 is 1.76 bits per heavy atom. The Labute approximate surface area is 144 Å². The van der Waals surface area contributed by atoms with Crippen LogP contribution in [-0.2, 0) is 4.79 Å². The molecule has 0 unspecified atom stereocenters. The third kappa shape index (κ3) is 3.77. The molecular formula is C18H16N2O5. The number of carbonyl (C=O) groups is 1. The summed E-state index contributed by atoms with van der Waals surface area (Å²) < 4.78 is 10.4. The zero-order valence-electron chi connectivity index (χ0n) is 13.7. The highest BCUT2D eigenvalue weighted by molar-refractivity contribution is 6.02. The molecule has 128 valence electrons. The van der Waals surface area contributed by atoms with Crippen molar-refractivity contribution in [3.05, 3.63) is 63.2 Å². The van der Waals surface area contributed by atoms with E-state index in [4.69, 9.17) is 9.47 Å². The zero-order valence-corrected chi connectivity index (χ0v) is 13.7. The fourth-order valence-corrected chi connectivity index (χ4v) is 2.63. The Hall–Kier alpha value is -3.35. The number of anilines is 1. The van der Waals surface area contributed by atoms with Crippen molar-refractivity contribution in [2.45, 2.75) is 13.8 Å². The lowest BCUT2D eigenvalue weighted by Gasteiger charge is -2.05. The summed E-state index contributed by atoms with van der Waals surface area (Å²) in [7, 11) is 0. The minimum Gasteiger partial charge on any atom is -0.454 e. The maximum atomic E-state index is 12.1. The first kappa shape index (κ1) is 16.5. The number of ether oxygens (including phenoxy) is 2. The highest BCUT2D eigenvalue weighted by atomic mass is 16.7. The van der Waals surface area contributed by atoms with Gasteiger partial charge in [0, 0.05) is 11.8 Å². The monoisotopic (exact) mass is 340 g/mol. The van der Waals surface area contributed by atoms with Crippen LogP contribution in [0.3, 0.4) is 0 Å². The molecule has 0 radical (unpaired) electrons. The lowest BCUT2D eigenvalue weighted by molar-refractivity contribution is -0.385. The normalized spacial score (nSPS) is 12.4. The van der Waals surface area contributed by atoms with Crippen LogP contribution in [0.5, 0.6) is 11.5 Å². The minimum absolute atomic E-state index is 0.0207. The van der Waals surface area contributed by atoms with Crippen molar-refractivity contribution in [2.75, 3.05) is 12.1 Å². The van der Waals surface area contributed by atoms with Gasteiger partial charge < -0.3 is 14.8 Å². The molecule has 0 fully saturated rings. The van der Waals surface area contributed by atoms with Crippen molar-refractivity contribution in [3.63, 3.8) is 0 Å². The Balaban J connectivity index is 1.81. The number of rotatable bonds is 4. The van der Waals surface area contributed by atoms with E-state index in [2.05, 4.69) is 5.32 Å². The maximum Gasteiger partial charge on any atom is 0.280 e. The van der Waals surface area contributed by atoms with Gasteiger partial charge in [-0.15, -0.1) is 0 Å². The smallest absolute Gasteiger partial charge is 0.280 e. The van der Waals surface area contributed by atoms with Gasteiger partial charge in [0.15, 0.2) is 11.5 Å². The zero-order chi connectivity index (χ0) is 18.0. The van der Waals surface area contributed by atoms with Crippen LogP contribution < -0.4 is 14.8 Å². The van der Waals surface area contributed by atoms with Gasteiger partial charge in [0.05, 0.1) is 16.6 Å². The molecule has 0 saturated carbocycles. The quantitative estimate of drug-likeness (QED) is 0.522. The van der Waals surface area contributed by atoms with E-state index in [0.717, 1.165) is 11.1 Å². The van der Waals surface area contributed by atoms with Crippen molar-refractivity contribution < 1.29 is 19.2 Å². The van der Waals surface area contributed by atoms with E-state index in [1.54, 1.807) is 0 Å². The van der Waals surface area contributed by atoms with Crippen molar-refractivity contribution >= 4 is 23.4 Å². The van der Waals surface area contributed by atoms with Crippen LogP contribution in [0.4, 0.5) is 11.4 Å². The van der Waals surface area contributed by atoms with Gasteiger partial charge in [0.2, 0.25) is 12.7 Å². The Bertz CT molecular complexity index is 869. The SMILES string of the molecule is Cc1cc(C)cc(NC(=O)/C=C/c2cc3c(cc2[N+](=O)[O-])OCO3)c1. The van der Waals surface area contributed by atoms with Crippen molar-refractivity contribution in [3.8, 4) is 11.5 Å². The summed E-state index contributed by atoms with van der Waals surface area (Å²) in [5.74, 6) is 0.362. The van der Waals surface area contributed by atoms with Crippen molar-refractivity contribution in [1.82, 2.24) is 0 Å². The summed E-state index contributed by atoms with van der Waals surface area (Å²) in [5, 5.41) is 14.0. The summed E-state index contributed by atoms with van der Waals surface area (Å²) in [6, 6.07) is 8.48. The fourth-order valence-electron chi connectivity index (χ4n) is 2.63. The lowest BCUT2D eigenvalue weighted by atomic mass is 10.1. The molecule has 2 aromatic rings. The van der Waals surface area contributed by atoms with E-state index in [1.807, 2.05) is 32.0 Å². The summed E-state index contributed by atoms with van der Waals surface area (Å²) in [6.07, 6.45) is 2.64. The number of nitro benzene ring substituents is 1. The van der Waals surface area contributed by atoms with E-state index < -0.39 is 4.92 Å². The number of hydrogen-bond donors (Lipinski definition) is 1. The second-order valence-corrected chi connectivity index (χ2v) is 5.72. The molecule has 1 heterocycles. The number of nitrogens with zero attached hydrogens (tertiary/aromatic N) is 1. The molecule has 0 saturated heterocycles. The highest BCUT2D eigenvalue weighted by Crippen LogP contribution is 2.38. The lowest BCUT2D eigenvalue weighted by Crippen LogP contribution is -2.08. The van der Waals surface area contributed by atoms with Gasteiger partial charge >= 0.3 is 0 Å². The van der Waals surface area contributed by atoms with Crippen LogP contribution in [0, 0.1) is 24.0 Å². The number of fused-ring (bicyclic) bond motifs is 1. The summed E-state index contributed by atoms with van der Waals surface area (Å²) in [5.41, 5.74) is 2.85. The van der Waals surface area contributed by atoms with Gasteiger partial charge in [0.25, 0.3) is 5.69 Å². The second kappa shape index (κ2) is 6.64. The molecule has 0 atom stereocenters. The molecule has 2 aromatic carbocycles. The molecule has 1 amide bonds. The molecule has 1 N–H and O–H groups in total. The molecule has 0 aliphatic carbocycles. The van der Waals surface area contributed by atoms with Gasteiger partial charge in [-0.2, -0.15) is 0 Å². The first-order valence-electron chi connectivity index (χ1n) is 7.58. The first-order chi connectivity index (χ1) is 11.9. The molecule has 0 aromatic heterocycles. The fraction of sp³-hybridized carbons (Fsp3) is 0.167. The summed E-state index contributed by atoms with van der Waals surface area (Å²) in [4.78, 5) is 22.8. The standard InChI is InChI=1S/C18H16N2O5/c1-11-5-12(2)7-14(6-11)19-18(21)4-3-13-8-16-17(25-10-24-16)9-15(13)20(22)23/h3-9H,10H2,1-2H3,(H,19,21)/b4-3+. The molecular weight excluding hydrogens is 324 g/mol. The van der Waals surface area contributed by atoms with Crippen LogP contribution in [0.1, 0.15) is 16.7 Å². The Kier molecular flexibility index (Phi) is 4.38. The van der Waals surface area contributed by atoms with Crippen LogP contribution in [-0.4, -0.2) is 17.6 Å². The molecule has 0 spiro atoms. The number of hydrogen-bond acceptors (Lipinski definition) is 5. The van der Waals surface area contributed by atoms with Crippen LogP contribution in [0.15, 0.2) is 36.4 Å². The number of carbonyl (C=O) groups excluding carboxylic acids is 1. The molecule has 1 aliphatic heterocycles. The number of aryl methyl sites for hydroxylation is 2. The number of nitro groups is 1. The first-order valence-corrected chi connectivity index (χ1v) is 7.58. The maximum absolute atomic E-state index is 12.1. The predicted molar refractivity (Wildman–Crippen MR) is 92.8 cm³/mol. The second-order valence-electron chi connectivity index (χ2n) is 5.72. The molecule has 1 aliphatic rings. The summed E-state index contributed by atoms with van der Waals surface area (Å²) >= 11 is 0. The van der Waals surface area contributed by atoms with Gasteiger partial charge in [0.1, 0.15) is 0 Å². The summed E-state index contributed by atoms with van der Waals surface area (Å²) in [6.45, 7) is 3.90. The highest BCUT2D eigenvalue weighted by Gasteiger charge is 2.22. The molecule has 3 rings (SSSR count). The van der Waals surface area contributed by atoms with Crippen molar-refractivity contribution in [1.29, 1.82) is 0 Å². The topological polar surface area (TPSA) is 90.7 Å². The van der Waals surface area contributed by atoms with Crippen LogP contribution >= 0.6 is 0 Å². The predicted octanol–water partition coefficient (Wildman–Crippen LogP) is 3.59. The minimum atomic E-state index is -0.524. The number of benzene rings is 2. The van der Waals surface area contributed by atoms with E-state index in [-0.39, 0.29) is 24.0 Å². The van der Waals surface area contributed by atoms with Crippen molar-refractivity contribution in [2.24, 2.45) is 0 Å². The molecule has 7 heteroatoms. The number of nitrogens with one attached hydrogen (secondary N) is 1. The van der Waals surface area contributed by atoms with Gasteiger partial charge in [-0.25, -0.2) is 0 Å². The van der Waals surface area contributed by atoms with E-state index in [1.165, 1.54) is 24.3 Å². The molecule has 0 bridgehead atoms. The third-order valence-corrected chi connectivity index (χ3v) is 3.62. The Morgan fingerprint density at radius 1 is 1.12 bits per heavy atom. The molecule has 7 nitrogen and oxygen atoms in total. The Morgan fingerprint density at radius 3 is 2.40 bits per heavy atom. The van der Waals surface area contributed by atoms with Gasteiger partial charge in [-0.3, -0.25) is 14.9 Å². The van der Waals surface area contributed by atoms with Crippen LogP contribution in [0.2, 0.25) is 0 Å². The van der Waals surface area contributed by atoms with E-state index >= 15 is 0 Å². The van der Waals surface area contributed by atoms with E-state index in [9.17, 15) is 14.9 Å². The van der Waals surface area contributed by atoms with E-state index in [0.29, 0.717) is 17.2 Å². The van der Waals surface area contributed by atoms with Crippen LogP contribution in [0.25, 0.3) is 6.08 Å². The average Bonchev–Trinajstić information content (AvgIpc) is 2.98.